The average molecular weight is 414 g/mol. The molecule has 152 valence electrons. The Kier molecular flexibility index (Phi) is 6.99. The molecule has 0 fully saturated rings. The number of allylic oxidation sites excluding steroid dienone is 9. The maximum atomic E-state index is 14.4. The van der Waals surface area contributed by atoms with Crippen LogP contribution in [-0.4, -0.2) is 29.7 Å². The number of carbonyl (C=O) groups excluding carboxylic acids is 1. The van der Waals surface area contributed by atoms with E-state index in [0.29, 0.717) is 13.0 Å². The average Bonchev–Trinajstić information content (AvgIpc) is 3.15. The quantitative estimate of drug-likeness (QED) is 0.668. The number of carboxylic acid groups (broad SMARTS) is 1. The van der Waals surface area contributed by atoms with Gasteiger partial charge in [0.15, 0.2) is 0 Å². The molecular weight excluding hydrogens is 389 g/mol. The third-order valence-electron chi connectivity index (χ3n) is 4.90. The van der Waals surface area contributed by atoms with Gasteiger partial charge in [0.2, 0.25) is 5.91 Å². The van der Waals surface area contributed by atoms with Crippen LogP contribution in [0.4, 0.5) is 4.39 Å². The van der Waals surface area contributed by atoms with Crippen molar-refractivity contribution < 1.29 is 19.1 Å². The van der Waals surface area contributed by atoms with Crippen molar-refractivity contribution in [2.24, 2.45) is 11.8 Å². The molecule has 6 heteroatoms. The third-order valence-corrected chi connectivity index (χ3v) is 6.04. The molecule has 0 saturated heterocycles. The lowest BCUT2D eigenvalue weighted by Gasteiger charge is -2.22. The molecule has 3 atom stereocenters. The van der Waals surface area contributed by atoms with E-state index in [-0.39, 0.29) is 16.7 Å². The van der Waals surface area contributed by atoms with Gasteiger partial charge in [-0.3, -0.25) is 4.79 Å². The lowest BCUT2D eigenvalue weighted by molar-refractivity contribution is -0.124. The van der Waals surface area contributed by atoms with E-state index in [1.54, 1.807) is 24.3 Å². The largest absolute Gasteiger partial charge is 0.477 e. The number of amides is 1. The van der Waals surface area contributed by atoms with Crippen LogP contribution in [0.3, 0.4) is 0 Å². The van der Waals surface area contributed by atoms with Gasteiger partial charge in [0.1, 0.15) is 11.0 Å². The molecule has 0 aromatic carbocycles. The minimum absolute atomic E-state index is 0.0123. The van der Waals surface area contributed by atoms with Crippen LogP contribution in [-0.2, 0) is 11.2 Å². The number of alkyl halides is 1. The first-order valence-corrected chi connectivity index (χ1v) is 10.4. The molecule has 0 saturated carbocycles. The van der Waals surface area contributed by atoms with Gasteiger partial charge in [0, 0.05) is 17.3 Å². The molecule has 0 bridgehead atoms. The van der Waals surface area contributed by atoms with Crippen molar-refractivity contribution in [3.05, 3.63) is 81.6 Å². The van der Waals surface area contributed by atoms with Crippen LogP contribution in [0.2, 0.25) is 0 Å². The molecule has 2 aliphatic rings. The van der Waals surface area contributed by atoms with Crippen molar-refractivity contribution in [2.45, 2.75) is 25.9 Å². The Hall–Kier alpha value is -2.73. The number of rotatable bonds is 6. The van der Waals surface area contributed by atoms with Crippen LogP contribution in [0.15, 0.2) is 71.9 Å². The van der Waals surface area contributed by atoms with Gasteiger partial charge in [-0.25, -0.2) is 9.18 Å². The summed E-state index contributed by atoms with van der Waals surface area (Å²) in [5, 5.41) is 11.7. The van der Waals surface area contributed by atoms with Gasteiger partial charge in [-0.2, -0.15) is 0 Å². The lowest BCUT2D eigenvalue weighted by atomic mass is 9.86. The molecule has 29 heavy (non-hydrogen) atoms. The minimum Gasteiger partial charge on any atom is -0.477 e. The minimum atomic E-state index is -1.36. The van der Waals surface area contributed by atoms with Crippen LogP contribution in [0, 0.1) is 11.8 Å². The lowest BCUT2D eigenvalue weighted by Crippen LogP contribution is -2.36. The third kappa shape index (κ3) is 5.64. The Balaban J connectivity index is 1.62. The van der Waals surface area contributed by atoms with Gasteiger partial charge in [0.05, 0.1) is 5.92 Å². The van der Waals surface area contributed by atoms with Crippen LogP contribution >= 0.6 is 11.3 Å². The zero-order valence-corrected chi connectivity index (χ0v) is 17.0. The molecule has 2 N–H and O–H groups in total. The molecule has 1 aromatic heterocycles. The van der Waals surface area contributed by atoms with Crippen molar-refractivity contribution in [1.82, 2.24) is 5.32 Å². The Morgan fingerprint density at radius 1 is 1.24 bits per heavy atom. The highest BCUT2D eigenvalue weighted by Gasteiger charge is 2.28. The number of halogens is 1. The van der Waals surface area contributed by atoms with Crippen molar-refractivity contribution in [2.75, 3.05) is 6.54 Å². The zero-order chi connectivity index (χ0) is 20.8. The molecule has 0 aliphatic heterocycles. The van der Waals surface area contributed by atoms with E-state index in [0.717, 1.165) is 16.9 Å². The van der Waals surface area contributed by atoms with E-state index in [2.05, 4.69) is 29.6 Å². The number of hydrogen-bond acceptors (Lipinski definition) is 3. The Bertz CT molecular complexity index is 922. The number of nitrogens with one attached hydrogen (secondary N) is 1. The molecular formula is C23H24FNO3S. The van der Waals surface area contributed by atoms with E-state index in [9.17, 15) is 14.0 Å². The molecule has 1 amide bonds. The summed E-state index contributed by atoms with van der Waals surface area (Å²) in [4.78, 5) is 24.6. The Labute approximate surface area is 173 Å². The maximum absolute atomic E-state index is 14.4. The van der Waals surface area contributed by atoms with Gasteiger partial charge >= 0.3 is 5.97 Å². The van der Waals surface area contributed by atoms with E-state index in [1.165, 1.54) is 23.0 Å². The fourth-order valence-corrected chi connectivity index (χ4v) is 4.11. The SMILES string of the molecule is CC1=C/C/C=C\C(C2=CC(C(=O)NCCc3ccc(C(=O)O)s3)C(F)C=C2)/C=C\1. The fraction of sp³-hybridized carbons (Fsp3) is 0.304. The number of thiophene rings is 1. The highest BCUT2D eigenvalue weighted by molar-refractivity contribution is 7.13. The van der Waals surface area contributed by atoms with Crippen molar-refractivity contribution in [3.63, 3.8) is 0 Å². The van der Waals surface area contributed by atoms with Gasteiger partial charge in [0.25, 0.3) is 0 Å². The second-order valence-electron chi connectivity index (χ2n) is 7.11. The Morgan fingerprint density at radius 2 is 2.07 bits per heavy atom. The molecule has 4 nitrogen and oxygen atoms in total. The van der Waals surface area contributed by atoms with E-state index in [4.69, 9.17) is 5.11 Å². The summed E-state index contributed by atoms with van der Waals surface area (Å²) in [5.41, 5.74) is 2.09. The summed E-state index contributed by atoms with van der Waals surface area (Å²) in [6.45, 7) is 2.38. The van der Waals surface area contributed by atoms with Crippen molar-refractivity contribution in [3.8, 4) is 0 Å². The van der Waals surface area contributed by atoms with Gasteiger partial charge in [-0.15, -0.1) is 11.3 Å². The van der Waals surface area contributed by atoms with Crippen molar-refractivity contribution in [1.29, 1.82) is 0 Å². The summed E-state index contributed by atoms with van der Waals surface area (Å²) >= 11 is 1.18. The summed E-state index contributed by atoms with van der Waals surface area (Å²) < 4.78 is 14.4. The molecule has 3 rings (SSSR count). The van der Waals surface area contributed by atoms with Gasteiger partial charge in [-0.05, 0) is 43.5 Å². The first-order chi connectivity index (χ1) is 13.9. The zero-order valence-electron chi connectivity index (χ0n) is 16.2. The number of hydrogen-bond donors (Lipinski definition) is 2. The van der Waals surface area contributed by atoms with E-state index >= 15 is 0 Å². The van der Waals surface area contributed by atoms with Crippen LogP contribution in [0.5, 0.6) is 0 Å². The summed E-state index contributed by atoms with van der Waals surface area (Å²) in [5.74, 6) is -2.17. The molecule has 0 spiro atoms. The van der Waals surface area contributed by atoms with Gasteiger partial charge in [-0.1, -0.05) is 48.1 Å². The number of carbonyl (C=O) groups is 2. The first kappa shape index (κ1) is 21.0. The summed E-state index contributed by atoms with van der Waals surface area (Å²) in [6, 6.07) is 3.29. The Morgan fingerprint density at radius 3 is 2.83 bits per heavy atom. The molecule has 1 heterocycles. The van der Waals surface area contributed by atoms with E-state index in [1.807, 2.05) is 13.0 Å². The fourth-order valence-electron chi connectivity index (χ4n) is 3.26. The first-order valence-electron chi connectivity index (χ1n) is 9.59. The standard InChI is InChI=1S/C23H24FNO3S/c1-15-4-2-3-5-16(7-6-15)17-8-10-20(24)19(14-17)22(26)25-13-12-18-9-11-21(29-18)23(27)28/h3-11,14,16,19-20H,2,12-13H2,1H3,(H,25,26)(H,27,28)/b5-3-,7-6-,15-4-. The predicted octanol–water partition coefficient (Wildman–Crippen LogP) is 4.63. The van der Waals surface area contributed by atoms with Crippen LogP contribution < -0.4 is 5.32 Å². The monoisotopic (exact) mass is 413 g/mol. The van der Waals surface area contributed by atoms with E-state index < -0.39 is 18.1 Å². The summed E-state index contributed by atoms with van der Waals surface area (Å²) in [6.07, 6.45) is 15.3. The molecule has 0 radical (unpaired) electrons. The highest BCUT2D eigenvalue weighted by atomic mass is 32.1. The predicted molar refractivity (Wildman–Crippen MR) is 114 cm³/mol. The van der Waals surface area contributed by atoms with Crippen LogP contribution in [0.1, 0.15) is 27.9 Å². The molecule has 2 aliphatic carbocycles. The topological polar surface area (TPSA) is 66.4 Å². The number of carboxylic acids is 1. The van der Waals surface area contributed by atoms with Gasteiger partial charge < -0.3 is 10.4 Å². The molecule has 1 aromatic rings. The highest BCUT2D eigenvalue weighted by Crippen LogP contribution is 2.28. The second kappa shape index (κ2) is 9.65. The van der Waals surface area contributed by atoms with Crippen molar-refractivity contribution >= 4 is 23.2 Å². The normalized spacial score (nSPS) is 27.7. The second-order valence-corrected chi connectivity index (χ2v) is 8.27. The smallest absolute Gasteiger partial charge is 0.345 e. The maximum Gasteiger partial charge on any atom is 0.345 e. The molecule has 3 unspecified atom stereocenters. The number of aromatic carboxylic acids is 1. The van der Waals surface area contributed by atoms with Crippen LogP contribution in [0.25, 0.3) is 0 Å². The summed E-state index contributed by atoms with van der Waals surface area (Å²) in [7, 11) is 0.